The van der Waals surface area contributed by atoms with Crippen LogP contribution in [0.15, 0.2) is 18.2 Å². The first-order valence-electron chi connectivity index (χ1n) is 7.47. The minimum absolute atomic E-state index is 0.646. The summed E-state index contributed by atoms with van der Waals surface area (Å²) in [6.45, 7) is 5.93. The van der Waals surface area contributed by atoms with Gasteiger partial charge in [0.1, 0.15) is 0 Å². The summed E-state index contributed by atoms with van der Waals surface area (Å²) in [5.74, 6) is 3.02. The van der Waals surface area contributed by atoms with Crippen LogP contribution < -0.4 is 9.47 Å². The van der Waals surface area contributed by atoms with Crippen LogP contribution in [0.1, 0.15) is 25.8 Å². The summed E-state index contributed by atoms with van der Waals surface area (Å²) in [6, 6.07) is 6.27. The highest BCUT2D eigenvalue weighted by atomic mass is 127. The zero-order valence-electron chi connectivity index (χ0n) is 13.5. The SMILES string of the molecule is COCCCOc1cc(CC(CI)C(C)C)ccc1OC. The molecule has 0 amide bonds. The van der Waals surface area contributed by atoms with Gasteiger partial charge in [-0.25, -0.2) is 0 Å². The molecule has 1 unspecified atom stereocenters. The van der Waals surface area contributed by atoms with E-state index in [9.17, 15) is 0 Å². The fourth-order valence-corrected chi connectivity index (χ4v) is 3.45. The molecule has 0 aliphatic heterocycles. The normalized spacial score (nSPS) is 12.5. The Morgan fingerprint density at radius 1 is 1.10 bits per heavy atom. The number of alkyl halides is 1. The standard InChI is InChI=1S/C17H27IO3/c1-13(2)15(12-18)10-14-6-7-16(20-4)17(11-14)21-9-5-8-19-3/h6-7,11,13,15H,5,8-10,12H2,1-4H3. The van der Waals surface area contributed by atoms with Crippen LogP contribution in [-0.2, 0) is 11.2 Å². The van der Waals surface area contributed by atoms with Gasteiger partial charge in [-0.1, -0.05) is 42.5 Å². The molecule has 0 aliphatic rings. The summed E-state index contributed by atoms with van der Waals surface area (Å²) in [4.78, 5) is 0. The Morgan fingerprint density at radius 3 is 2.43 bits per heavy atom. The van der Waals surface area contributed by atoms with Gasteiger partial charge < -0.3 is 14.2 Å². The molecule has 0 radical (unpaired) electrons. The Bertz CT molecular complexity index is 407. The monoisotopic (exact) mass is 406 g/mol. The predicted molar refractivity (Wildman–Crippen MR) is 95.9 cm³/mol. The summed E-state index contributed by atoms with van der Waals surface area (Å²) in [5, 5.41) is 0. The molecule has 0 saturated heterocycles. The lowest BCUT2D eigenvalue weighted by atomic mass is 9.91. The number of hydrogen-bond acceptors (Lipinski definition) is 3. The van der Waals surface area contributed by atoms with Gasteiger partial charge >= 0.3 is 0 Å². The quantitative estimate of drug-likeness (QED) is 0.328. The molecule has 0 saturated carbocycles. The van der Waals surface area contributed by atoms with Gasteiger partial charge in [-0.2, -0.15) is 0 Å². The van der Waals surface area contributed by atoms with E-state index in [-0.39, 0.29) is 0 Å². The molecule has 3 nitrogen and oxygen atoms in total. The van der Waals surface area contributed by atoms with E-state index in [1.54, 1.807) is 14.2 Å². The van der Waals surface area contributed by atoms with Crippen LogP contribution in [0.25, 0.3) is 0 Å². The minimum atomic E-state index is 0.646. The van der Waals surface area contributed by atoms with Crippen molar-refractivity contribution in [2.75, 3.05) is 31.9 Å². The first-order chi connectivity index (χ1) is 10.1. The van der Waals surface area contributed by atoms with E-state index in [4.69, 9.17) is 14.2 Å². The molecule has 1 aromatic carbocycles. The largest absolute Gasteiger partial charge is 0.493 e. The Kier molecular flexibility index (Phi) is 9.08. The van der Waals surface area contributed by atoms with Crippen molar-refractivity contribution in [3.63, 3.8) is 0 Å². The molecule has 4 heteroatoms. The van der Waals surface area contributed by atoms with Crippen molar-refractivity contribution in [1.29, 1.82) is 0 Å². The molecule has 0 N–H and O–H groups in total. The highest BCUT2D eigenvalue weighted by Crippen LogP contribution is 2.30. The van der Waals surface area contributed by atoms with Gasteiger partial charge in [0, 0.05) is 24.6 Å². The van der Waals surface area contributed by atoms with Crippen molar-refractivity contribution < 1.29 is 14.2 Å². The summed E-state index contributed by atoms with van der Waals surface area (Å²) in [6.07, 6.45) is 1.96. The lowest BCUT2D eigenvalue weighted by Crippen LogP contribution is -2.13. The Morgan fingerprint density at radius 2 is 1.86 bits per heavy atom. The second-order valence-electron chi connectivity index (χ2n) is 5.54. The summed E-state index contributed by atoms with van der Waals surface area (Å²) in [5.41, 5.74) is 1.31. The van der Waals surface area contributed by atoms with Crippen LogP contribution in [0, 0.1) is 11.8 Å². The van der Waals surface area contributed by atoms with Crippen molar-refractivity contribution in [3.05, 3.63) is 23.8 Å². The molecule has 0 bridgehead atoms. The number of halogens is 1. The molecule has 21 heavy (non-hydrogen) atoms. The van der Waals surface area contributed by atoms with Gasteiger partial charge in [-0.15, -0.1) is 0 Å². The van der Waals surface area contributed by atoms with Crippen LogP contribution in [0.5, 0.6) is 11.5 Å². The molecule has 1 aromatic rings. The maximum atomic E-state index is 5.84. The van der Waals surface area contributed by atoms with E-state index >= 15 is 0 Å². The number of ether oxygens (including phenoxy) is 3. The molecule has 0 aliphatic carbocycles. The molecule has 0 heterocycles. The van der Waals surface area contributed by atoms with Crippen molar-refractivity contribution >= 4 is 22.6 Å². The van der Waals surface area contributed by atoms with Crippen LogP contribution in [0.4, 0.5) is 0 Å². The fraction of sp³-hybridized carbons (Fsp3) is 0.647. The maximum Gasteiger partial charge on any atom is 0.161 e. The smallest absolute Gasteiger partial charge is 0.161 e. The van der Waals surface area contributed by atoms with Gasteiger partial charge in [0.15, 0.2) is 11.5 Å². The van der Waals surface area contributed by atoms with Crippen molar-refractivity contribution in [1.82, 2.24) is 0 Å². The molecule has 1 rings (SSSR count). The lowest BCUT2D eigenvalue weighted by Gasteiger charge is -2.19. The van der Waals surface area contributed by atoms with E-state index < -0.39 is 0 Å². The summed E-state index contributed by atoms with van der Waals surface area (Å²) in [7, 11) is 3.38. The highest BCUT2D eigenvalue weighted by molar-refractivity contribution is 14.1. The number of rotatable bonds is 10. The third kappa shape index (κ3) is 6.43. The Hall–Kier alpha value is -0.490. The highest BCUT2D eigenvalue weighted by Gasteiger charge is 2.14. The molecule has 0 fully saturated rings. The topological polar surface area (TPSA) is 27.7 Å². The summed E-state index contributed by atoms with van der Waals surface area (Å²) >= 11 is 2.48. The zero-order chi connectivity index (χ0) is 15.7. The van der Waals surface area contributed by atoms with Crippen molar-refractivity contribution in [3.8, 4) is 11.5 Å². The first-order valence-corrected chi connectivity index (χ1v) is 8.99. The van der Waals surface area contributed by atoms with E-state index in [0.717, 1.165) is 24.3 Å². The third-order valence-electron chi connectivity index (χ3n) is 3.62. The molecule has 1 atom stereocenters. The Balaban J connectivity index is 2.74. The summed E-state index contributed by atoms with van der Waals surface area (Å²) < 4.78 is 17.4. The minimum Gasteiger partial charge on any atom is -0.493 e. The maximum absolute atomic E-state index is 5.84. The third-order valence-corrected chi connectivity index (χ3v) is 4.75. The van der Waals surface area contributed by atoms with Gasteiger partial charge in [0.05, 0.1) is 13.7 Å². The van der Waals surface area contributed by atoms with Crippen molar-refractivity contribution in [2.45, 2.75) is 26.7 Å². The Labute approximate surface area is 142 Å². The second-order valence-corrected chi connectivity index (χ2v) is 6.42. The molecule has 0 aromatic heterocycles. The van der Waals surface area contributed by atoms with Crippen LogP contribution in [0.3, 0.4) is 0 Å². The number of methoxy groups -OCH3 is 2. The predicted octanol–water partition coefficient (Wildman–Crippen LogP) is 4.36. The van der Waals surface area contributed by atoms with Crippen LogP contribution in [-0.4, -0.2) is 31.9 Å². The van der Waals surface area contributed by atoms with E-state index in [1.807, 2.05) is 6.07 Å². The zero-order valence-corrected chi connectivity index (χ0v) is 15.7. The van der Waals surface area contributed by atoms with E-state index in [0.29, 0.717) is 25.0 Å². The van der Waals surface area contributed by atoms with Crippen molar-refractivity contribution in [2.24, 2.45) is 11.8 Å². The number of benzene rings is 1. The second kappa shape index (κ2) is 10.3. The van der Waals surface area contributed by atoms with Gasteiger partial charge in [0.25, 0.3) is 0 Å². The first kappa shape index (κ1) is 18.6. The van der Waals surface area contributed by atoms with Crippen LogP contribution >= 0.6 is 22.6 Å². The average Bonchev–Trinajstić information content (AvgIpc) is 2.49. The molecule has 0 spiro atoms. The molecule has 120 valence electrons. The number of hydrogen-bond donors (Lipinski definition) is 0. The lowest BCUT2D eigenvalue weighted by molar-refractivity contribution is 0.170. The van der Waals surface area contributed by atoms with E-state index in [1.165, 1.54) is 9.99 Å². The fourth-order valence-electron chi connectivity index (χ4n) is 2.12. The van der Waals surface area contributed by atoms with Gasteiger partial charge in [-0.3, -0.25) is 0 Å². The van der Waals surface area contributed by atoms with Gasteiger partial charge in [0.2, 0.25) is 0 Å². The molecular formula is C17H27IO3. The van der Waals surface area contributed by atoms with Gasteiger partial charge in [-0.05, 0) is 36.0 Å². The average molecular weight is 406 g/mol. The molecular weight excluding hydrogens is 379 g/mol. The van der Waals surface area contributed by atoms with Crippen LogP contribution in [0.2, 0.25) is 0 Å². The van der Waals surface area contributed by atoms with E-state index in [2.05, 4.69) is 48.6 Å².